The SMILES string of the molecule is Cc1c(C#N)c(-c2ccccc2)cc(-c2ccccc2)[n+]1C.[O-][Cl+3]([O-])([O-])[O-]. The Balaban J connectivity index is 0.000000465. The van der Waals surface area contributed by atoms with E-state index in [1.807, 2.05) is 62.5 Å². The number of benzene rings is 2. The summed E-state index contributed by atoms with van der Waals surface area (Å²) < 4.78 is 36.1. The third kappa shape index (κ3) is 5.59. The Bertz CT molecular complexity index is 944. The van der Waals surface area contributed by atoms with Gasteiger partial charge in [0.1, 0.15) is 18.7 Å². The molecule has 0 fully saturated rings. The first-order chi connectivity index (χ1) is 12.7. The summed E-state index contributed by atoms with van der Waals surface area (Å²) in [5, 5.41) is 9.58. The number of hydrogen-bond donors (Lipinski definition) is 0. The largest absolute Gasteiger partial charge is 0.222 e. The molecule has 0 aliphatic carbocycles. The van der Waals surface area contributed by atoms with Crippen LogP contribution in [0, 0.1) is 28.5 Å². The van der Waals surface area contributed by atoms with E-state index in [9.17, 15) is 5.26 Å². The number of pyridine rings is 1. The van der Waals surface area contributed by atoms with Gasteiger partial charge in [0, 0.05) is 24.1 Å². The van der Waals surface area contributed by atoms with Crippen LogP contribution in [0.3, 0.4) is 0 Å². The normalized spacial score (nSPS) is 10.6. The summed E-state index contributed by atoms with van der Waals surface area (Å²) in [6, 6.07) is 24.8. The maximum atomic E-state index is 9.58. The lowest BCUT2D eigenvalue weighted by Crippen LogP contribution is -2.68. The van der Waals surface area contributed by atoms with Gasteiger partial charge in [-0.05, 0) is 17.7 Å². The fraction of sp³-hybridized carbons (Fsp3) is 0.100. The molecule has 0 N–H and O–H groups in total. The van der Waals surface area contributed by atoms with Gasteiger partial charge in [0.05, 0.1) is 0 Å². The highest BCUT2D eigenvalue weighted by molar-refractivity contribution is 5.74. The quantitative estimate of drug-likeness (QED) is 0.539. The monoisotopic (exact) mass is 384 g/mol. The maximum absolute atomic E-state index is 9.58. The molecule has 0 aliphatic heterocycles. The standard InChI is InChI=1S/C20H17N2.ClHO4/c1-15-19(14-21)18(16-9-5-3-6-10-16)13-20(22(15)2)17-11-7-4-8-12-17;2-1(3,4)5/h3-13H,1-2H3;(H,2,3,4,5)/q+1;/p-1. The molecule has 0 radical (unpaired) electrons. The zero-order valence-electron chi connectivity index (χ0n) is 14.8. The fourth-order valence-electron chi connectivity index (χ4n) is 2.72. The molecule has 0 amide bonds. The van der Waals surface area contributed by atoms with Crippen LogP contribution >= 0.6 is 0 Å². The van der Waals surface area contributed by atoms with Gasteiger partial charge >= 0.3 is 0 Å². The van der Waals surface area contributed by atoms with E-state index in [2.05, 4.69) is 28.8 Å². The van der Waals surface area contributed by atoms with E-state index in [4.69, 9.17) is 18.6 Å². The predicted octanol–water partition coefficient (Wildman–Crippen LogP) is -0.731. The molecule has 7 heteroatoms. The van der Waals surface area contributed by atoms with Crippen LogP contribution in [-0.4, -0.2) is 0 Å². The Kier molecular flexibility index (Phi) is 6.64. The lowest BCUT2D eigenvalue weighted by Gasteiger charge is -2.17. The van der Waals surface area contributed by atoms with Gasteiger partial charge in [-0.15, -0.1) is 10.2 Å². The molecule has 2 aromatic carbocycles. The number of hydrogen-bond acceptors (Lipinski definition) is 5. The van der Waals surface area contributed by atoms with Gasteiger partial charge in [0.15, 0.2) is 5.69 Å². The van der Waals surface area contributed by atoms with Crippen molar-refractivity contribution < 1.29 is 33.4 Å². The summed E-state index contributed by atoms with van der Waals surface area (Å²) in [5.74, 6) is 0. The average Bonchev–Trinajstić information content (AvgIpc) is 2.64. The topological polar surface area (TPSA) is 120 Å². The molecular weight excluding hydrogens is 368 g/mol. The van der Waals surface area contributed by atoms with E-state index >= 15 is 0 Å². The number of nitrogens with zero attached hydrogens (tertiary/aromatic N) is 2. The molecule has 3 rings (SSSR count). The first kappa shape index (κ1) is 20.5. The molecule has 0 spiro atoms. The Morgan fingerprint density at radius 1 is 0.852 bits per heavy atom. The van der Waals surface area contributed by atoms with Crippen molar-refractivity contribution in [3.05, 3.63) is 78.0 Å². The van der Waals surface area contributed by atoms with Crippen molar-refractivity contribution in [1.29, 1.82) is 5.26 Å². The number of nitriles is 1. The number of halogens is 1. The summed E-state index contributed by atoms with van der Waals surface area (Å²) in [6.45, 7) is 2.00. The van der Waals surface area contributed by atoms with Crippen molar-refractivity contribution in [3.8, 4) is 28.5 Å². The third-order valence-corrected chi connectivity index (χ3v) is 4.04. The summed E-state index contributed by atoms with van der Waals surface area (Å²) in [6.07, 6.45) is 0. The van der Waals surface area contributed by atoms with E-state index in [-0.39, 0.29) is 0 Å². The second-order valence-corrected chi connectivity index (χ2v) is 6.44. The van der Waals surface area contributed by atoms with Gasteiger partial charge in [-0.3, -0.25) is 0 Å². The van der Waals surface area contributed by atoms with E-state index in [0.29, 0.717) is 0 Å². The second-order valence-electron chi connectivity index (χ2n) is 5.68. The Hall–Kier alpha value is -2.79. The van der Waals surface area contributed by atoms with Crippen molar-refractivity contribution >= 4 is 0 Å². The van der Waals surface area contributed by atoms with Gasteiger partial charge in [0.2, 0.25) is 5.69 Å². The fourth-order valence-corrected chi connectivity index (χ4v) is 2.72. The van der Waals surface area contributed by atoms with Crippen LogP contribution in [0.1, 0.15) is 11.3 Å². The molecule has 0 unspecified atom stereocenters. The molecule has 0 atom stereocenters. The van der Waals surface area contributed by atoms with Crippen LogP contribution in [0.15, 0.2) is 66.7 Å². The van der Waals surface area contributed by atoms with Gasteiger partial charge in [-0.25, -0.2) is 18.6 Å². The average molecular weight is 385 g/mol. The van der Waals surface area contributed by atoms with Crippen LogP contribution in [0.4, 0.5) is 0 Å². The lowest BCUT2D eigenvalue weighted by atomic mass is 9.96. The third-order valence-electron chi connectivity index (χ3n) is 4.04. The van der Waals surface area contributed by atoms with Crippen LogP contribution < -0.4 is 23.2 Å². The molecule has 1 aromatic heterocycles. The minimum atomic E-state index is -4.94. The highest BCUT2D eigenvalue weighted by Crippen LogP contribution is 2.28. The molecular formula is C20H17ClN2O4. The minimum absolute atomic E-state index is 0.730. The Morgan fingerprint density at radius 2 is 1.30 bits per heavy atom. The Morgan fingerprint density at radius 3 is 1.74 bits per heavy atom. The van der Waals surface area contributed by atoms with E-state index in [1.54, 1.807) is 0 Å². The van der Waals surface area contributed by atoms with Crippen molar-refractivity contribution in [2.75, 3.05) is 0 Å². The van der Waals surface area contributed by atoms with Crippen LogP contribution in [0.5, 0.6) is 0 Å². The second kappa shape index (κ2) is 8.73. The highest BCUT2D eigenvalue weighted by atomic mass is 35.7. The van der Waals surface area contributed by atoms with Crippen LogP contribution in [0.2, 0.25) is 0 Å². The van der Waals surface area contributed by atoms with E-state index < -0.39 is 10.2 Å². The predicted molar refractivity (Wildman–Crippen MR) is 87.9 cm³/mol. The van der Waals surface area contributed by atoms with Crippen LogP contribution in [-0.2, 0) is 7.05 Å². The van der Waals surface area contributed by atoms with E-state index in [0.717, 1.165) is 33.6 Å². The lowest BCUT2D eigenvalue weighted by molar-refractivity contribution is -2.00. The summed E-state index contributed by atoms with van der Waals surface area (Å²) >= 11 is 0. The first-order valence-corrected chi connectivity index (χ1v) is 9.12. The van der Waals surface area contributed by atoms with Crippen molar-refractivity contribution in [3.63, 3.8) is 0 Å². The van der Waals surface area contributed by atoms with Crippen molar-refractivity contribution in [1.82, 2.24) is 0 Å². The Labute approximate surface area is 159 Å². The molecule has 0 bridgehead atoms. The van der Waals surface area contributed by atoms with Gasteiger partial charge in [0.25, 0.3) is 0 Å². The summed E-state index contributed by atoms with van der Waals surface area (Å²) in [4.78, 5) is 0. The van der Waals surface area contributed by atoms with E-state index in [1.165, 1.54) is 0 Å². The summed E-state index contributed by atoms with van der Waals surface area (Å²) in [7, 11) is -2.94. The smallest absolute Gasteiger partial charge is 0.213 e. The van der Waals surface area contributed by atoms with Gasteiger partial charge < -0.3 is 0 Å². The molecule has 0 saturated carbocycles. The van der Waals surface area contributed by atoms with Gasteiger partial charge in [-0.2, -0.15) is 9.83 Å². The van der Waals surface area contributed by atoms with Crippen molar-refractivity contribution in [2.24, 2.45) is 7.05 Å². The van der Waals surface area contributed by atoms with Crippen LogP contribution in [0.25, 0.3) is 22.4 Å². The zero-order valence-corrected chi connectivity index (χ0v) is 15.5. The minimum Gasteiger partial charge on any atom is -0.222 e. The first-order valence-electron chi connectivity index (χ1n) is 7.88. The maximum Gasteiger partial charge on any atom is 0.213 e. The molecule has 3 aromatic rings. The highest BCUT2D eigenvalue weighted by Gasteiger charge is 2.21. The molecule has 6 nitrogen and oxygen atoms in total. The molecule has 0 saturated heterocycles. The number of rotatable bonds is 2. The van der Waals surface area contributed by atoms with Gasteiger partial charge in [-0.1, -0.05) is 48.5 Å². The molecule has 138 valence electrons. The van der Waals surface area contributed by atoms with Crippen molar-refractivity contribution in [2.45, 2.75) is 6.92 Å². The molecule has 0 aliphatic rings. The number of aromatic nitrogens is 1. The zero-order chi connectivity index (χ0) is 20.0. The molecule has 1 heterocycles. The summed E-state index contributed by atoms with van der Waals surface area (Å²) in [5.41, 5.74) is 6.01. The molecule has 27 heavy (non-hydrogen) atoms.